The fraction of sp³-hybridized carbons (Fsp3) is 0.600. The molecule has 0 saturated carbocycles. The first-order valence-corrected chi connectivity index (χ1v) is 5.16. The number of nitrogens with one attached hydrogen (secondary N) is 2. The second kappa shape index (κ2) is 4.02. The molecule has 1 saturated heterocycles. The van der Waals surface area contributed by atoms with Crippen molar-refractivity contribution in [1.82, 2.24) is 15.6 Å². The first-order chi connectivity index (χ1) is 7.20. The van der Waals surface area contributed by atoms with Gasteiger partial charge in [-0.2, -0.15) is 0 Å². The molecular formula is C10H15N3O2. The summed E-state index contributed by atoms with van der Waals surface area (Å²) in [6.45, 7) is 4.37. The van der Waals surface area contributed by atoms with Gasteiger partial charge >= 0.3 is 0 Å². The molecule has 5 heteroatoms. The Bertz CT molecular complexity index is 361. The molecule has 5 nitrogen and oxygen atoms in total. The van der Waals surface area contributed by atoms with E-state index in [1.165, 1.54) is 0 Å². The largest absolute Gasteiger partial charge is 0.444 e. The second-order valence-corrected chi connectivity index (χ2v) is 3.73. The van der Waals surface area contributed by atoms with E-state index in [-0.39, 0.29) is 18.0 Å². The smallest absolute Gasteiger partial charge is 0.237 e. The zero-order valence-electron chi connectivity index (χ0n) is 8.91. The van der Waals surface area contributed by atoms with Crippen molar-refractivity contribution < 1.29 is 9.21 Å². The molecule has 1 fully saturated rings. The molecule has 15 heavy (non-hydrogen) atoms. The Balaban J connectivity index is 2.09. The van der Waals surface area contributed by atoms with Crippen LogP contribution >= 0.6 is 0 Å². The van der Waals surface area contributed by atoms with Gasteiger partial charge in [0.1, 0.15) is 11.8 Å². The van der Waals surface area contributed by atoms with Crippen LogP contribution in [0.1, 0.15) is 31.0 Å². The molecule has 0 aromatic carbocycles. The van der Waals surface area contributed by atoms with Crippen molar-refractivity contribution in [2.24, 2.45) is 0 Å². The predicted molar refractivity (Wildman–Crippen MR) is 54.2 cm³/mol. The molecule has 0 spiro atoms. The summed E-state index contributed by atoms with van der Waals surface area (Å²) in [5.74, 6) is 1.49. The summed E-state index contributed by atoms with van der Waals surface area (Å²) in [6.07, 6.45) is 2.45. The monoisotopic (exact) mass is 209 g/mol. The Kier molecular flexibility index (Phi) is 2.73. The molecule has 0 aliphatic carbocycles. The zero-order chi connectivity index (χ0) is 10.8. The quantitative estimate of drug-likeness (QED) is 0.745. The van der Waals surface area contributed by atoms with Crippen molar-refractivity contribution in [3.63, 3.8) is 0 Å². The average molecular weight is 209 g/mol. The highest BCUT2D eigenvalue weighted by molar-refractivity contribution is 5.82. The minimum Gasteiger partial charge on any atom is -0.444 e. The number of carbonyl (C=O) groups excluding carboxylic acids is 1. The fourth-order valence-electron chi connectivity index (χ4n) is 1.70. The van der Waals surface area contributed by atoms with Crippen molar-refractivity contribution in [1.29, 1.82) is 0 Å². The summed E-state index contributed by atoms with van der Waals surface area (Å²) < 4.78 is 5.43. The van der Waals surface area contributed by atoms with E-state index in [9.17, 15) is 4.79 Å². The van der Waals surface area contributed by atoms with Gasteiger partial charge in [0.05, 0.1) is 12.2 Å². The van der Waals surface area contributed by atoms with E-state index < -0.39 is 0 Å². The number of hydrogen-bond donors (Lipinski definition) is 2. The number of carbonyl (C=O) groups is 1. The summed E-state index contributed by atoms with van der Waals surface area (Å²) in [6, 6.07) is -0.155. The Labute approximate surface area is 88.3 Å². The lowest BCUT2D eigenvalue weighted by Crippen LogP contribution is -2.54. The topological polar surface area (TPSA) is 67.2 Å². The molecule has 1 aliphatic rings. The number of hydrogen-bond acceptors (Lipinski definition) is 4. The maximum Gasteiger partial charge on any atom is 0.237 e. The van der Waals surface area contributed by atoms with E-state index in [0.717, 1.165) is 12.2 Å². The number of amides is 1. The maximum atomic E-state index is 11.4. The number of aromatic nitrogens is 1. The number of aryl methyl sites for hydroxylation is 1. The summed E-state index contributed by atoms with van der Waals surface area (Å²) in [4.78, 5) is 15.5. The van der Waals surface area contributed by atoms with Crippen molar-refractivity contribution in [2.75, 3.05) is 6.54 Å². The molecular weight excluding hydrogens is 194 g/mol. The van der Waals surface area contributed by atoms with Crippen LogP contribution in [0.4, 0.5) is 0 Å². The van der Waals surface area contributed by atoms with Gasteiger partial charge in [-0.25, -0.2) is 4.98 Å². The first kappa shape index (κ1) is 10.2. The van der Waals surface area contributed by atoms with Crippen LogP contribution in [0.5, 0.6) is 0 Å². The Morgan fingerprint density at radius 1 is 1.67 bits per heavy atom. The highest BCUT2D eigenvalue weighted by Gasteiger charge is 2.29. The summed E-state index contributed by atoms with van der Waals surface area (Å²) in [7, 11) is 0. The molecule has 2 atom stereocenters. The summed E-state index contributed by atoms with van der Waals surface area (Å²) in [5.41, 5.74) is 0. The fourth-order valence-corrected chi connectivity index (χ4v) is 1.70. The maximum absolute atomic E-state index is 11.4. The van der Waals surface area contributed by atoms with Crippen molar-refractivity contribution in [3.8, 4) is 0 Å². The van der Waals surface area contributed by atoms with E-state index in [2.05, 4.69) is 15.6 Å². The molecule has 2 unspecified atom stereocenters. The van der Waals surface area contributed by atoms with Crippen LogP contribution in [-0.2, 0) is 4.79 Å². The highest BCUT2D eigenvalue weighted by Crippen LogP contribution is 2.16. The first-order valence-electron chi connectivity index (χ1n) is 5.16. The average Bonchev–Trinajstić information content (AvgIpc) is 2.66. The van der Waals surface area contributed by atoms with Gasteiger partial charge in [-0.15, -0.1) is 0 Å². The van der Waals surface area contributed by atoms with Crippen LogP contribution in [0.2, 0.25) is 0 Å². The molecule has 2 rings (SSSR count). The molecule has 1 aromatic heterocycles. The van der Waals surface area contributed by atoms with E-state index in [0.29, 0.717) is 12.4 Å². The lowest BCUT2D eigenvalue weighted by molar-refractivity contribution is -0.125. The number of piperazine rings is 1. The molecule has 2 N–H and O–H groups in total. The van der Waals surface area contributed by atoms with Gasteiger partial charge in [-0.1, -0.05) is 6.92 Å². The van der Waals surface area contributed by atoms with Crippen LogP contribution in [0.25, 0.3) is 0 Å². The van der Waals surface area contributed by atoms with E-state index in [1.807, 2.05) is 13.8 Å². The number of nitrogens with zero attached hydrogens (tertiary/aromatic N) is 1. The van der Waals surface area contributed by atoms with Crippen LogP contribution in [0, 0.1) is 6.92 Å². The Morgan fingerprint density at radius 2 is 2.47 bits per heavy atom. The van der Waals surface area contributed by atoms with Gasteiger partial charge in [0.15, 0.2) is 0 Å². The molecule has 0 radical (unpaired) electrons. The van der Waals surface area contributed by atoms with Crippen molar-refractivity contribution >= 4 is 5.91 Å². The molecule has 2 heterocycles. The van der Waals surface area contributed by atoms with Gasteiger partial charge in [0.25, 0.3) is 0 Å². The number of oxazole rings is 1. The molecule has 1 amide bonds. The standard InChI is InChI=1S/C10H15N3O2/c1-3-7-9(14)11-5-8(13-7)10-12-4-6(2)15-10/h4,7-8,13H,3,5H2,1-2H3,(H,11,14). The summed E-state index contributed by atoms with van der Waals surface area (Å²) in [5, 5.41) is 6.05. The zero-order valence-corrected chi connectivity index (χ0v) is 8.91. The van der Waals surface area contributed by atoms with Crippen molar-refractivity contribution in [2.45, 2.75) is 32.4 Å². The van der Waals surface area contributed by atoms with Crippen molar-refractivity contribution in [3.05, 3.63) is 17.8 Å². The third-order valence-electron chi connectivity index (χ3n) is 2.54. The molecule has 1 aliphatic heterocycles. The van der Waals surface area contributed by atoms with Crippen LogP contribution in [0.3, 0.4) is 0 Å². The Morgan fingerprint density at radius 3 is 3.07 bits per heavy atom. The van der Waals surface area contributed by atoms with Gasteiger partial charge in [0.2, 0.25) is 11.8 Å². The van der Waals surface area contributed by atoms with Crippen LogP contribution in [0.15, 0.2) is 10.6 Å². The minimum absolute atomic E-state index is 0.0126. The Hall–Kier alpha value is -1.36. The normalized spacial score (nSPS) is 26.4. The summed E-state index contributed by atoms with van der Waals surface area (Å²) >= 11 is 0. The molecule has 82 valence electrons. The van der Waals surface area contributed by atoms with Gasteiger partial charge < -0.3 is 9.73 Å². The lowest BCUT2D eigenvalue weighted by Gasteiger charge is -2.28. The molecule has 0 bridgehead atoms. The van der Waals surface area contributed by atoms with E-state index in [1.54, 1.807) is 6.20 Å². The van der Waals surface area contributed by atoms with Gasteiger partial charge in [-0.05, 0) is 13.3 Å². The second-order valence-electron chi connectivity index (χ2n) is 3.73. The van der Waals surface area contributed by atoms with Gasteiger partial charge in [-0.3, -0.25) is 10.1 Å². The highest BCUT2D eigenvalue weighted by atomic mass is 16.4. The van der Waals surface area contributed by atoms with E-state index >= 15 is 0 Å². The lowest BCUT2D eigenvalue weighted by atomic mass is 10.1. The van der Waals surface area contributed by atoms with E-state index in [4.69, 9.17) is 4.42 Å². The SMILES string of the molecule is CCC1NC(c2ncc(C)o2)CNC1=O. The van der Waals surface area contributed by atoms with Crippen LogP contribution in [-0.4, -0.2) is 23.5 Å². The van der Waals surface area contributed by atoms with Crippen LogP contribution < -0.4 is 10.6 Å². The minimum atomic E-state index is -0.143. The molecule has 1 aromatic rings. The third kappa shape index (κ3) is 2.02. The van der Waals surface area contributed by atoms with Gasteiger partial charge in [0, 0.05) is 6.54 Å². The third-order valence-corrected chi connectivity index (χ3v) is 2.54. The number of rotatable bonds is 2. The predicted octanol–water partition coefficient (Wildman–Crippen LogP) is 0.522.